The lowest BCUT2D eigenvalue weighted by atomic mass is 10.0. The number of hydrogen-bond donors (Lipinski definition) is 2. The lowest BCUT2D eigenvalue weighted by Gasteiger charge is -2.11. The van der Waals surface area contributed by atoms with Crippen LogP contribution in [0.5, 0.6) is 0 Å². The van der Waals surface area contributed by atoms with Crippen molar-refractivity contribution in [2.75, 3.05) is 17.7 Å². The first-order valence-corrected chi connectivity index (χ1v) is 9.71. The Kier molecular flexibility index (Phi) is 6.12. The van der Waals surface area contributed by atoms with Gasteiger partial charge in [-0.1, -0.05) is 30.3 Å². The van der Waals surface area contributed by atoms with Crippen molar-refractivity contribution >= 4 is 23.5 Å². The quantitative estimate of drug-likeness (QED) is 0.451. The van der Waals surface area contributed by atoms with Crippen LogP contribution in [0, 0.1) is 0 Å². The van der Waals surface area contributed by atoms with E-state index in [0.717, 1.165) is 16.7 Å². The van der Waals surface area contributed by atoms with Gasteiger partial charge in [-0.05, 0) is 41.5 Å². The molecule has 0 atom stereocenters. The van der Waals surface area contributed by atoms with Crippen LogP contribution in [0.4, 0.5) is 16.3 Å². The zero-order valence-corrected chi connectivity index (χ0v) is 17.1. The molecule has 8 heteroatoms. The van der Waals surface area contributed by atoms with Crippen molar-refractivity contribution in [2.45, 2.75) is 0 Å². The third-order valence-electron chi connectivity index (χ3n) is 4.58. The van der Waals surface area contributed by atoms with E-state index < -0.39 is 12.0 Å². The van der Waals surface area contributed by atoms with Gasteiger partial charge in [0.15, 0.2) is 0 Å². The third-order valence-corrected chi connectivity index (χ3v) is 4.58. The number of benzene rings is 1. The van der Waals surface area contributed by atoms with Crippen LogP contribution < -0.4 is 10.6 Å². The van der Waals surface area contributed by atoms with Gasteiger partial charge in [0, 0.05) is 24.2 Å². The maximum absolute atomic E-state index is 12.4. The summed E-state index contributed by atoms with van der Waals surface area (Å²) in [5.41, 5.74) is 4.08. The molecule has 0 spiro atoms. The number of amides is 2. The average molecular weight is 425 g/mol. The molecular formula is C24H19N5O3. The van der Waals surface area contributed by atoms with Crippen molar-refractivity contribution in [3.05, 3.63) is 91.0 Å². The molecule has 0 fully saturated rings. The van der Waals surface area contributed by atoms with Gasteiger partial charge in [0.25, 0.3) is 0 Å². The molecule has 2 N–H and O–H groups in total. The van der Waals surface area contributed by atoms with E-state index in [-0.39, 0.29) is 11.4 Å². The summed E-state index contributed by atoms with van der Waals surface area (Å²) in [4.78, 5) is 37.1. The van der Waals surface area contributed by atoms with Crippen LogP contribution in [0.3, 0.4) is 0 Å². The van der Waals surface area contributed by atoms with Gasteiger partial charge < -0.3 is 10.1 Å². The summed E-state index contributed by atoms with van der Waals surface area (Å²) in [7, 11) is 1.30. The molecule has 0 unspecified atom stereocenters. The number of urea groups is 1. The van der Waals surface area contributed by atoms with E-state index >= 15 is 0 Å². The van der Waals surface area contributed by atoms with E-state index in [1.54, 1.807) is 36.8 Å². The molecule has 0 radical (unpaired) electrons. The zero-order chi connectivity index (χ0) is 22.3. The van der Waals surface area contributed by atoms with Crippen molar-refractivity contribution < 1.29 is 14.3 Å². The molecule has 0 aliphatic carbocycles. The number of hydrogen-bond acceptors (Lipinski definition) is 6. The first-order chi connectivity index (χ1) is 15.6. The third kappa shape index (κ3) is 4.93. The van der Waals surface area contributed by atoms with Gasteiger partial charge in [-0.25, -0.2) is 14.6 Å². The second kappa shape index (κ2) is 9.48. The predicted molar refractivity (Wildman–Crippen MR) is 121 cm³/mol. The number of rotatable bonds is 5. The van der Waals surface area contributed by atoms with Crippen LogP contribution in [0.25, 0.3) is 22.4 Å². The van der Waals surface area contributed by atoms with Gasteiger partial charge in [-0.15, -0.1) is 0 Å². The number of nitrogens with zero attached hydrogens (tertiary/aromatic N) is 3. The van der Waals surface area contributed by atoms with E-state index in [1.165, 1.54) is 19.4 Å². The normalized spacial score (nSPS) is 10.3. The van der Waals surface area contributed by atoms with E-state index in [0.29, 0.717) is 11.4 Å². The molecule has 32 heavy (non-hydrogen) atoms. The topological polar surface area (TPSA) is 106 Å². The van der Waals surface area contributed by atoms with Crippen LogP contribution in [0.2, 0.25) is 0 Å². The number of carbonyl (C=O) groups is 2. The van der Waals surface area contributed by atoms with Crippen molar-refractivity contribution in [1.82, 2.24) is 15.0 Å². The Morgan fingerprint density at radius 3 is 2.19 bits per heavy atom. The Morgan fingerprint density at radius 2 is 1.53 bits per heavy atom. The monoisotopic (exact) mass is 425 g/mol. The van der Waals surface area contributed by atoms with E-state index in [2.05, 4.69) is 25.6 Å². The van der Waals surface area contributed by atoms with Gasteiger partial charge in [0.05, 0.1) is 30.3 Å². The molecule has 0 bridgehead atoms. The van der Waals surface area contributed by atoms with Gasteiger partial charge in [0.1, 0.15) is 5.82 Å². The molecule has 0 aliphatic rings. The van der Waals surface area contributed by atoms with Crippen LogP contribution in [0.1, 0.15) is 10.4 Å². The second-order valence-electron chi connectivity index (χ2n) is 6.76. The summed E-state index contributed by atoms with van der Waals surface area (Å²) < 4.78 is 4.85. The van der Waals surface area contributed by atoms with Crippen LogP contribution in [-0.2, 0) is 4.74 Å². The van der Waals surface area contributed by atoms with Gasteiger partial charge in [-0.2, -0.15) is 0 Å². The Balaban J connectivity index is 1.61. The molecule has 4 rings (SSSR count). The summed E-state index contributed by atoms with van der Waals surface area (Å²) in [6.07, 6.45) is 6.64. The first-order valence-electron chi connectivity index (χ1n) is 9.71. The molecule has 1 aromatic carbocycles. The van der Waals surface area contributed by atoms with Gasteiger partial charge in [0.2, 0.25) is 0 Å². The van der Waals surface area contributed by atoms with Crippen molar-refractivity contribution in [3.63, 3.8) is 0 Å². The predicted octanol–water partition coefficient (Wildman–Crippen LogP) is 4.64. The number of pyridine rings is 3. The summed E-state index contributed by atoms with van der Waals surface area (Å²) in [5, 5.41) is 5.32. The molecule has 8 nitrogen and oxygen atoms in total. The van der Waals surface area contributed by atoms with E-state index in [9.17, 15) is 9.59 Å². The molecule has 158 valence electrons. The number of esters is 1. The number of ether oxygens (including phenoxy) is 1. The molecule has 4 aromatic rings. The van der Waals surface area contributed by atoms with Gasteiger partial charge in [-0.3, -0.25) is 15.3 Å². The molecule has 0 saturated carbocycles. The Morgan fingerprint density at radius 1 is 0.812 bits per heavy atom. The SMILES string of the molecule is COC(=O)c1cc(NC(=O)Nc2cccnc2)nc(-c2ccc(-c3cccnc3)cc2)c1. The fraction of sp³-hybridized carbons (Fsp3) is 0.0417. The number of methoxy groups -OCH3 is 1. The van der Waals surface area contributed by atoms with E-state index in [1.807, 2.05) is 36.4 Å². The second-order valence-corrected chi connectivity index (χ2v) is 6.76. The summed E-state index contributed by atoms with van der Waals surface area (Å²) >= 11 is 0. The minimum atomic E-state index is -0.531. The van der Waals surface area contributed by atoms with Crippen molar-refractivity contribution in [1.29, 1.82) is 0 Å². The number of aromatic nitrogens is 3. The van der Waals surface area contributed by atoms with Crippen LogP contribution in [-0.4, -0.2) is 34.1 Å². The zero-order valence-electron chi connectivity index (χ0n) is 17.1. The smallest absolute Gasteiger partial charge is 0.338 e. The fourth-order valence-corrected chi connectivity index (χ4v) is 3.06. The molecule has 3 heterocycles. The highest BCUT2D eigenvalue weighted by atomic mass is 16.5. The Bertz CT molecular complexity index is 1230. The molecule has 2 amide bonds. The van der Waals surface area contributed by atoms with Gasteiger partial charge >= 0.3 is 12.0 Å². The van der Waals surface area contributed by atoms with Crippen molar-refractivity contribution in [3.8, 4) is 22.4 Å². The fourth-order valence-electron chi connectivity index (χ4n) is 3.06. The van der Waals surface area contributed by atoms with Crippen LogP contribution >= 0.6 is 0 Å². The van der Waals surface area contributed by atoms with Crippen LogP contribution in [0.15, 0.2) is 85.5 Å². The summed E-state index contributed by atoms with van der Waals surface area (Å²) in [6.45, 7) is 0. The lowest BCUT2D eigenvalue weighted by Crippen LogP contribution is -2.20. The highest BCUT2D eigenvalue weighted by molar-refractivity contribution is 6.00. The number of anilines is 2. The highest BCUT2D eigenvalue weighted by Crippen LogP contribution is 2.25. The largest absolute Gasteiger partial charge is 0.465 e. The molecule has 0 aliphatic heterocycles. The average Bonchev–Trinajstić information content (AvgIpc) is 2.84. The molecule has 0 saturated heterocycles. The standard InChI is InChI=1S/C24H19N5O3/c1-32-23(30)19-12-21(17-8-6-16(7-9-17)18-4-2-10-25-14-18)28-22(13-19)29-24(31)27-20-5-3-11-26-15-20/h2-15H,1H3,(H2,27,28,29,31). The molecule has 3 aromatic heterocycles. The van der Waals surface area contributed by atoms with Crippen molar-refractivity contribution in [2.24, 2.45) is 0 Å². The number of nitrogens with one attached hydrogen (secondary N) is 2. The Hall–Kier alpha value is -4.59. The highest BCUT2D eigenvalue weighted by Gasteiger charge is 2.13. The Labute approximate surface area is 184 Å². The summed E-state index contributed by atoms with van der Waals surface area (Å²) in [5.74, 6) is -0.322. The number of carbonyl (C=O) groups excluding carboxylic acids is 2. The lowest BCUT2D eigenvalue weighted by molar-refractivity contribution is 0.0600. The molecular weight excluding hydrogens is 406 g/mol. The van der Waals surface area contributed by atoms with E-state index in [4.69, 9.17) is 4.74 Å². The summed E-state index contributed by atoms with van der Waals surface area (Å²) in [6, 6.07) is 17.5. The first kappa shape index (κ1) is 20.7. The minimum absolute atomic E-state index is 0.209. The minimum Gasteiger partial charge on any atom is -0.465 e. The maximum atomic E-state index is 12.4. The maximum Gasteiger partial charge on any atom is 0.338 e.